The number of carbonyl (C=O) groups is 1. The van der Waals surface area contributed by atoms with Crippen LogP contribution in [0.5, 0.6) is 0 Å². The van der Waals surface area contributed by atoms with Crippen LogP contribution in [0.3, 0.4) is 0 Å². The van der Waals surface area contributed by atoms with Gasteiger partial charge in [0.1, 0.15) is 0 Å². The molecule has 1 amide bonds. The fourth-order valence-corrected chi connectivity index (χ4v) is 8.57. The van der Waals surface area contributed by atoms with Crippen molar-refractivity contribution in [2.24, 2.45) is 5.92 Å². The predicted molar refractivity (Wildman–Crippen MR) is 158 cm³/mol. The van der Waals surface area contributed by atoms with E-state index >= 15 is 0 Å². The van der Waals surface area contributed by atoms with Crippen molar-refractivity contribution in [1.82, 2.24) is 14.1 Å². The van der Waals surface area contributed by atoms with Gasteiger partial charge in [-0.05, 0) is 61.8 Å². The molecule has 5 rings (SSSR count). The van der Waals surface area contributed by atoms with E-state index in [9.17, 15) is 13.2 Å². The number of rotatable bonds is 8. The third kappa shape index (κ3) is 7.02. The Morgan fingerprint density at radius 1 is 0.900 bits per heavy atom. The molecule has 0 aromatic heterocycles. The average Bonchev–Trinajstić information content (AvgIpc) is 2.98. The SMILES string of the molecule is O=C(CC1CCCCN1S(=O)(=O)c1ccc(Cl)c(Cl)c1)N1CCC(C(Cc2ccccc2)N2CCOCC2)CC1. The van der Waals surface area contributed by atoms with E-state index in [1.54, 1.807) is 0 Å². The lowest BCUT2D eigenvalue weighted by molar-refractivity contribution is -0.134. The van der Waals surface area contributed by atoms with Gasteiger partial charge in [-0.1, -0.05) is 60.0 Å². The number of sulfonamides is 1. The third-order valence-electron chi connectivity index (χ3n) is 8.72. The number of hydrogen-bond donors (Lipinski definition) is 0. The molecule has 0 radical (unpaired) electrons. The van der Waals surface area contributed by atoms with Crippen molar-refractivity contribution >= 4 is 39.1 Å². The van der Waals surface area contributed by atoms with E-state index in [1.165, 1.54) is 28.1 Å². The largest absolute Gasteiger partial charge is 0.379 e. The molecule has 3 heterocycles. The number of morpholine rings is 1. The first-order valence-corrected chi connectivity index (χ1v) is 16.6. The molecule has 10 heteroatoms. The first-order chi connectivity index (χ1) is 19.3. The minimum atomic E-state index is -3.79. The summed E-state index contributed by atoms with van der Waals surface area (Å²) in [5, 5.41) is 0.520. The molecule has 3 saturated heterocycles. The Kier molecular flexibility index (Phi) is 10.1. The standard InChI is InChI=1S/C30H39Cl2N3O4S/c31-27-10-9-26(22-28(27)32)40(37,38)35-13-5-4-8-25(35)21-30(36)34-14-11-24(12-15-34)29(33-16-18-39-19-17-33)20-23-6-2-1-3-7-23/h1-3,6-7,9-10,22,24-25,29H,4-5,8,11-21H2. The van der Waals surface area contributed by atoms with Gasteiger partial charge in [0.25, 0.3) is 0 Å². The maximum atomic E-state index is 13.5. The average molecular weight is 609 g/mol. The second-order valence-corrected chi connectivity index (χ2v) is 13.9. The number of ether oxygens (including phenoxy) is 1. The van der Waals surface area contributed by atoms with Crippen LogP contribution < -0.4 is 0 Å². The molecule has 40 heavy (non-hydrogen) atoms. The summed E-state index contributed by atoms with van der Waals surface area (Å²) >= 11 is 12.1. The van der Waals surface area contributed by atoms with Gasteiger partial charge in [0.2, 0.25) is 15.9 Å². The van der Waals surface area contributed by atoms with Crippen molar-refractivity contribution < 1.29 is 17.9 Å². The molecule has 3 aliphatic rings. The molecule has 0 saturated carbocycles. The van der Waals surface area contributed by atoms with E-state index in [1.807, 2.05) is 4.90 Å². The Morgan fingerprint density at radius 3 is 2.33 bits per heavy atom. The summed E-state index contributed by atoms with van der Waals surface area (Å²) in [5.41, 5.74) is 1.35. The summed E-state index contributed by atoms with van der Waals surface area (Å²) < 4.78 is 34.2. The van der Waals surface area contributed by atoms with Crippen molar-refractivity contribution in [3.05, 3.63) is 64.1 Å². The molecule has 2 aromatic carbocycles. The second kappa shape index (κ2) is 13.5. The zero-order valence-electron chi connectivity index (χ0n) is 22.9. The van der Waals surface area contributed by atoms with Crippen LogP contribution in [0.15, 0.2) is 53.4 Å². The Labute approximate surface area is 248 Å². The first-order valence-electron chi connectivity index (χ1n) is 14.4. The molecule has 218 valence electrons. The molecular weight excluding hydrogens is 569 g/mol. The summed E-state index contributed by atoms with van der Waals surface area (Å²) in [6, 6.07) is 15.1. The second-order valence-electron chi connectivity index (χ2n) is 11.2. The highest BCUT2D eigenvalue weighted by Gasteiger charge is 2.37. The van der Waals surface area contributed by atoms with E-state index < -0.39 is 10.0 Å². The Bertz CT molecular complexity index is 1250. The van der Waals surface area contributed by atoms with Crippen molar-refractivity contribution in [1.29, 1.82) is 0 Å². The van der Waals surface area contributed by atoms with Crippen molar-refractivity contribution in [2.75, 3.05) is 45.9 Å². The fraction of sp³-hybridized carbons (Fsp3) is 0.567. The van der Waals surface area contributed by atoms with Crippen LogP contribution in [0.1, 0.15) is 44.1 Å². The van der Waals surface area contributed by atoms with Crippen LogP contribution in [0.25, 0.3) is 0 Å². The molecule has 2 aromatic rings. The van der Waals surface area contributed by atoms with E-state index in [-0.39, 0.29) is 28.3 Å². The van der Waals surface area contributed by atoms with Gasteiger partial charge in [0.05, 0.1) is 28.2 Å². The van der Waals surface area contributed by atoms with E-state index in [4.69, 9.17) is 27.9 Å². The minimum Gasteiger partial charge on any atom is -0.379 e. The summed E-state index contributed by atoms with van der Waals surface area (Å²) in [6.45, 7) is 5.26. The smallest absolute Gasteiger partial charge is 0.243 e. The molecule has 0 spiro atoms. The Balaban J connectivity index is 1.22. The van der Waals surface area contributed by atoms with Gasteiger partial charge in [-0.15, -0.1) is 0 Å². The summed E-state index contributed by atoms with van der Waals surface area (Å²) in [5.74, 6) is 0.550. The lowest BCUT2D eigenvalue weighted by Crippen LogP contribution is -2.52. The third-order valence-corrected chi connectivity index (χ3v) is 11.4. The number of halogens is 2. The van der Waals surface area contributed by atoms with Crippen LogP contribution in [0, 0.1) is 5.92 Å². The van der Waals surface area contributed by atoms with Crippen molar-refractivity contribution in [2.45, 2.75) is 61.9 Å². The molecule has 7 nitrogen and oxygen atoms in total. The van der Waals surface area contributed by atoms with Crippen LogP contribution in [-0.4, -0.2) is 86.5 Å². The molecule has 2 atom stereocenters. The molecule has 0 N–H and O–H groups in total. The van der Waals surface area contributed by atoms with Crippen LogP contribution in [0.2, 0.25) is 10.0 Å². The number of hydrogen-bond acceptors (Lipinski definition) is 5. The zero-order valence-corrected chi connectivity index (χ0v) is 25.2. The monoisotopic (exact) mass is 607 g/mol. The minimum absolute atomic E-state index is 0.0469. The number of nitrogens with zero attached hydrogens (tertiary/aromatic N) is 3. The van der Waals surface area contributed by atoms with Gasteiger partial charge in [0.15, 0.2) is 0 Å². The molecule has 2 unspecified atom stereocenters. The number of carbonyl (C=O) groups excluding carboxylic acids is 1. The van der Waals surface area contributed by atoms with E-state index in [0.29, 0.717) is 43.0 Å². The van der Waals surface area contributed by atoms with E-state index in [2.05, 4.69) is 35.2 Å². The topological polar surface area (TPSA) is 70.2 Å². The molecule has 3 aliphatic heterocycles. The normalized spacial score (nSPS) is 22.8. The molecule has 0 aliphatic carbocycles. The number of piperidine rings is 2. The predicted octanol–water partition coefficient (Wildman–Crippen LogP) is 5.11. The van der Waals surface area contributed by atoms with Crippen molar-refractivity contribution in [3.8, 4) is 0 Å². The summed E-state index contributed by atoms with van der Waals surface area (Å²) in [7, 11) is -3.79. The van der Waals surface area contributed by atoms with Gasteiger partial charge < -0.3 is 9.64 Å². The van der Waals surface area contributed by atoms with E-state index in [0.717, 1.165) is 58.4 Å². The number of likely N-dealkylation sites (tertiary alicyclic amines) is 1. The fourth-order valence-electron chi connectivity index (χ4n) is 6.49. The first kappa shape index (κ1) is 29.8. The molecular formula is C30H39Cl2N3O4S. The summed E-state index contributed by atoms with van der Waals surface area (Å²) in [4.78, 5) is 18.1. The highest BCUT2D eigenvalue weighted by atomic mass is 35.5. The van der Waals surface area contributed by atoms with Gasteiger partial charge in [-0.25, -0.2) is 8.42 Å². The Hall–Kier alpha value is -1.68. The van der Waals surface area contributed by atoms with Crippen LogP contribution in [0.4, 0.5) is 0 Å². The van der Waals surface area contributed by atoms with Gasteiger partial charge in [-0.2, -0.15) is 4.31 Å². The van der Waals surface area contributed by atoms with Crippen molar-refractivity contribution in [3.63, 3.8) is 0 Å². The number of benzene rings is 2. The van der Waals surface area contributed by atoms with Gasteiger partial charge in [0, 0.05) is 51.2 Å². The highest BCUT2D eigenvalue weighted by Crippen LogP contribution is 2.32. The lowest BCUT2D eigenvalue weighted by atomic mass is 9.84. The lowest BCUT2D eigenvalue weighted by Gasteiger charge is -2.43. The highest BCUT2D eigenvalue weighted by molar-refractivity contribution is 7.89. The molecule has 0 bridgehead atoms. The van der Waals surface area contributed by atoms with Crippen LogP contribution in [-0.2, 0) is 26.0 Å². The number of amides is 1. The zero-order chi connectivity index (χ0) is 28.1. The van der Waals surface area contributed by atoms with Crippen LogP contribution >= 0.6 is 23.2 Å². The quantitative estimate of drug-likeness (QED) is 0.417. The molecule has 3 fully saturated rings. The summed E-state index contributed by atoms with van der Waals surface area (Å²) in [6.07, 6.45) is 5.49. The Morgan fingerprint density at radius 2 is 1.62 bits per heavy atom. The maximum Gasteiger partial charge on any atom is 0.243 e. The maximum absolute atomic E-state index is 13.5. The van der Waals surface area contributed by atoms with Gasteiger partial charge in [-0.3, -0.25) is 9.69 Å². The van der Waals surface area contributed by atoms with Gasteiger partial charge >= 0.3 is 0 Å².